The number of hydrogen-bond donors (Lipinski definition) is 0. The molecule has 0 heterocycles. The fourth-order valence-electron chi connectivity index (χ4n) is 9.13. The van der Waals surface area contributed by atoms with Gasteiger partial charge in [-0.2, -0.15) is 0 Å². The van der Waals surface area contributed by atoms with Crippen LogP contribution < -0.4 is 0 Å². The first-order valence-electron chi connectivity index (χ1n) is 18.3. The smallest absolute Gasteiger partial charge is 0.312 e. The standard InChI is InChI=1S/C37H68O2/c1-3-5-7-9-11-13-19-27-36(30-25-34(26-31-36)33-23-17-15-18-24-33)37(28-20-16-21-29-37)35(38)39-32-22-14-12-10-8-6-4-2/h33-34H,3-32H2,1-2H3. The Kier molecular flexibility index (Phi) is 15.9. The molecular weight excluding hydrogens is 476 g/mol. The largest absolute Gasteiger partial charge is 0.465 e. The van der Waals surface area contributed by atoms with Crippen molar-refractivity contribution in [3.63, 3.8) is 0 Å². The maximum absolute atomic E-state index is 14.2. The Hall–Kier alpha value is -0.530. The van der Waals surface area contributed by atoms with Gasteiger partial charge in [0.15, 0.2) is 0 Å². The molecule has 3 aliphatic rings. The van der Waals surface area contributed by atoms with Crippen molar-refractivity contribution in [1.82, 2.24) is 0 Å². The topological polar surface area (TPSA) is 26.3 Å². The molecule has 3 aliphatic carbocycles. The summed E-state index contributed by atoms with van der Waals surface area (Å²) in [4.78, 5) is 14.2. The summed E-state index contributed by atoms with van der Waals surface area (Å²) >= 11 is 0. The van der Waals surface area contributed by atoms with Gasteiger partial charge in [0, 0.05) is 0 Å². The predicted molar refractivity (Wildman–Crippen MR) is 168 cm³/mol. The molecule has 0 spiro atoms. The third-order valence-corrected chi connectivity index (χ3v) is 11.7. The van der Waals surface area contributed by atoms with Crippen LogP contribution >= 0.6 is 0 Å². The maximum Gasteiger partial charge on any atom is 0.312 e. The van der Waals surface area contributed by atoms with Crippen LogP contribution in [0.5, 0.6) is 0 Å². The second-order valence-electron chi connectivity index (χ2n) is 14.3. The van der Waals surface area contributed by atoms with E-state index in [2.05, 4.69) is 13.8 Å². The minimum absolute atomic E-state index is 0.188. The number of hydrogen-bond acceptors (Lipinski definition) is 2. The summed E-state index contributed by atoms with van der Waals surface area (Å²) in [5, 5.41) is 0. The van der Waals surface area contributed by atoms with Crippen molar-refractivity contribution in [2.75, 3.05) is 6.61 Å². The summed E-state index contributed by atoms with van der Waals surface area (Å²) in [6.45, 7) is 5.25. The van der Waals surface area contributed by atoms with Crippen molar-refractivity contribution in [2.24, 2.45) is 22.7 Å². The second kappa shape index (κ2) is 18.8. The molecule has 0 aliphatic heterocycles. The van der Waals surface area contributed by atoms with E-state index < -0.39 is 0 Å². The molecule has 2 heteroatoms. The second-order valence-corrected chi connectivity index (χ2v) is 14.3. The Morgan fingerprint density at radius 3 is 1.64 bits per heavy atom. The zero-order valence-electron chi connectivity index (χ0n) is 26.7. The number of carbonyl (C=O) groups excluding carboxylic acids is 1. The Labute approximate surface area is 244 Å². The van der Waals surface area contributed by atoms with Crippen molar-refractivity contribution in [2.45, 2.75) is 200 Å². The Morgan fingerprint density at radius 1 is 0.564 bits per heavy atom. The van der Waals surface area contributed by atoms with Crippen LogP contribution in [0.3, 0.4) is 0 Å². The van der Waals surface area contributed by atoms with E-state index in [1.54, 1.807) is 0 Å². The van der Waals surface area contributed by atoms with Gasteiger partial charge < -0.3 is 4.74 Å². The molecule has 3 rings (SSSR count). The molecule has 228 valence electrons. The van der Waals surface area contributed by atoms with E-state index >= 15 is 0 Å². The van der Waals surface area contributed by atoms with E-state index in [1.165, 1.54) is 167 Å². The van der Waals surface area contributed by atoms with Gasteiger partial charge in [-0.3, -0.25) is 4.79 Å². The molecule has 3 saturated carbocycles. The van der Waals surface area contributed by atoms with Crippen molar-refractivity contribution >= 4 is 5.97 Å². The molecule has 0 aromatic rings. The van der Waals surface area contributed by atoms with Crippen LogP contribution in [0.1, 0.15) is 200 Å². The molecule has 39 heavy (non-hydrogen) atoms. The lowest BCUT2D eigenvalue weighted by atomic mass is 9.49. The van der Waals surface area contributed by atoms with Gasteiger partial charge >= 0.3 is 5.97 Å². The van der Waals surface area contributed by atoms with Gasteiger partial charge in [0.25, 0.3) is 0 Å². The maximum atomic E-state index is 14.2. The average Bonchev–Trinajstić information content (AvgIpc) is 2.99. The zero-order valence-corrected chi connectivity index (χ0v) is 26.7. The van der Waals surface area contributed by atoms with Crippen molar-refractivity contribution in [3.8, 4) is 0 Å². The molecular formula is C37H68O2. The Bertz CT molecular complexity index is 619. The summed E-state index contributed by atoms with van der Waals surface area (Å²) in [7, 11) is 0. The molecule has 2 nitrogen and oxygen atoms in total. The van der Waals surface area contributed by atoms with Crippen LogP contribution in [-0.4, -0.2) is 12.6 Å². The molecule has 0 saturated heterocycles. The molecule has 0 aromatic heterocycles. The highest BCUT2D eigenvalue weighted by Gasteiger charge is 2.57. The zero-order chi connectivity index (χ0) is 27.7. The van der Waals surface area contributed by atoms with Crippen LogP contribution in [0.25, 0.3) is 0 Å². The van der Waals surface area contributed by atoms with E-state index in [-0.39, 0.29) is 16.8 Å². The Morgan fingerprint density at radius 2 is 1.05 bits per heavy atom. The van der Waals surface area contributed by atoms with Crippen molar-refractivity contribution < 1.29 is 9.53 Å². The third-order valence-electron chi connectivity index (χ3n) is 11.7. The van der Waals surface area contributed by atoms with Gasteiger partial charge in [-0.25, -0.2) is 0 Å². The van der Waals surface area contributed by atoms with Crippen LogP contribution in [0.4, 0.5) is 0 Å². The first-order valence-corrected chi connectivity index (χ1v) is 18.3. The summed E-state index contributed by atoms with van der Waals surface area (Å²) in [5.74, 6) is 2.13. The highest BCUT2D eigenvalue weighted by atomic mass is 16.5. The molecule has 0 atom stereocenters. The Balaban J connectivity index is 1.62. The highest BCUT2D eigenvalue weighted by molar-refractivity contribution is 5.78. The normalized spacial score (nSPS) is 25.9. The predicted octanol–water partition coefficient (Wildman–Crippen LogP) is 12.1. The molecule has 3 fully saturated rings. The summed E-state index contributed by atoms with van der Waals surface area (Å²) in [6.07, 6.45) is 38.5. The lowest BCUT2D eigenvalue weighted by Gasteiger charge is -2.55. The van der Waals surface area contributed by atoms with Gasteiger partial charge in [-0.15, -0.1) is 0 Å². The molecule has 0 bridgehead atoms. The van der Waals surface area contributed by atoms with Gasteiger partial charge in [0.1, 0.15) is 0 Å². The minimum Gasteiger partial charge on any atom is -0.465 e. The van der Waals surface area contributed by atoms with E-state index in [0.29, 0.717) is 6.61 Å². The highest BCUT2D eigenvalue weighted by Crippen LogP contribution is 2.61. The fraction of sp³-hybridized carbons (Fsp3) is 0.973. The van der Waals surface area contributed by atoms with Crippen LogP contribution in [0, 0.1) is 22.7 Å². The number of rotatable bonds is 19. The average molecular weight is 545 g/mol. The minimum atomic E-state index is -0.188. The number of esters is 1. The van der Waals surface area contributed by atoms with E-state index in [1.807, 2.05) is 0 Å². The van der Waals surface area contributed by atoms with Gasteiger partial charge in [0.2, 0.25) is 0 Å². The number of carbonyl (C=O) groups is 1. The van der Waals surface area contributed by atoms with Gasteiger partial charge in [-0.1, -0.05) is 149 Å². The fourth-order valence-corrected chi connectivity index (χ4v) is 9.13. The third kappa shape index (κ3) is 10.1. The van der Waals surface area contributed by atoms with E-state index in [9.17, 15) is 4.79 Å². The first kappa shape index (κ1) is 33.0. The van der Waals surface area contributed by atoms with Gasteiger partial charge in [0.05, 0.1) is 12.0 Å². The van der Waals surface area contributed by atoms with Crippen molar-refractivity contribution in [3.05, 3.63) is 0 Å². The molecule has 0 N–H and O–H groups in total. The van der Waals surface area contributed by atoms with Crippen LogP contribution in [0.15, 0.2) is 0 Å². The molecule has 0 aromatic carbocycles. The summed E-state index contributed by atoms with van der Waals surface area (Å²) in [6, 6.07) is 0. The SMILES string of the molecule is CCCCCCCCCOC(=O)C1(C2(CCCCCCCCC)CCC(C3CCCCC3)CC2)CCCCC1. The molecule has 0 unspecified atom stereocenters. The monoisotopic (exact) mass is 545 g/mol. The van der Waals surface area contributed by atoms with Crippen LogP contribution in [-0.2, 0) is 9.53 Å². The number of ether oxygens (including phenoxy) is 1. The van der Waals surface area contributed by atoms with E-state index in [0.717, 1.165) is 31.1 Å². The molecule has 0 radical (unpaired) electrons. The molecule has 0 amide bonds. The van der Waals surface area contributed by atoms with Crippen molar-refractivity contribution in [1.29, 1.82) is 0 Å². The quantitative estimate of drug-likeness (QED) is 0.119. The first-order chi connectivity index (χ1) is 19.2. The van der Waals surface area contributed by atoms with E-state index in [4.69, 9.17) is 4.74 Å². The number of unbranched alkanes of at least 4 members (excludes halogenated alkanes) is 12. The van der Waals surface area contributed by atoms with Crippen LogP contribution in [0.2, 0.25) is 0 Å². The lowest BCUT2D eigenvalue weighted by molar-refractivity contribution is -0.175. The summed E-state index contributed by atoms with van der Waals surface area (Å²) < 4.78 is 6.27. The summed E-state index contributed by atoms with van der Waals surface area (Å²) in [5.41, 5.74) is 0.0192. The lowest BCUT2D eigenvalue weighted by Crippen LogP contribution is -2.52. The van der Waals surface area contributed by atoms with Gasteiger partial charge in [-0.05, 0) is 68.6 Å².